The van der Waals surface area contributed by atoms with Crippen LogP contribution in [0.15, 0.2) is 35.8 Å². The summed E-state index contributed by atoms with van der Waals surface area (Å²) in [6, 6.07) is 7.56. The van der Waals surface area contributed by atoms with Gasteiger partial charge >= 0.3 is 0 Å². The van der Waals surface area contributed by atoms with Gasteiger partial charge in [0.25, 0.3) is 0 Å². The Labute approximate surface area is 111 Å². The molecule has 0 fully saturated rings. The summed E-state index contributed by atoms with van der Waals surface area (Å²) in [5.41, 5.74) is 0. The summed E-state index contributed by atoms with van der Waals surface area (Å²) in [6.45, 7) is 0.0358. The molecule has 2 aromatic rings. The van der Waals surface area contributed by atoms with E-state index in [0.717, 1.165) is 3.57 Å². The van der Waals surface area contributed by atoms with Crippen LogP contribution in [0.25, 0.3) is 0 Å². The number of benzene rings is 1. The Morgan fingerprint density at radius 3 is 2.75 bits per heavy atom. The van der Waals surface area contributed by atoms with Crippen LogP contribution in [-0.4, -0.2) is 17.4 Å². The fourth-order valence-electron chi connectivity index (χ4n) is 1.10. The first-order valence-corrected chi connectivity index (χ1v) is 6.52. The standard InChI is InChI=1S/C11H8INO2S/c12-8-1-3-9(4-2-8)15-7-10(14)11-13-5-6-16-11/h1-6H,7H2. The van der Waals surface area contributed by atoms with Crippen LogP contribution in [0.4, 0.5) is 0 Å². The minimum Gasteiger partial charge on any atom is -0.485 e. The lowest BCUT2D eigenvalue weighted by Gasteiger charge is -2.03. The van der Waals surface area contributed by atoms with Gasteiger partial charge in [-0.05, 0) is 46.9 Å². The number of rotatable bonds is 4. The zero-order valence-corrected chi connectivity index (χ0v) is 11.2. The van der Waals surface area contributed by atoms with Crippen LogP contribution < -0.4 is 4.74 Å². The number of hydrogen-bond acceptors (Lipinski definition) is 4. The lowest BCUT2D eigenvalue weighted by molar-refractivity contribution is 0.0921. The fraction of sp³-hybridized carbons (Fsp3) is 0.0909. The van der Waals surface area contributed by atoms with Crippen LogP contribution in [-0.2, 0) is 0 Å². The molecule has 1 aromatic heterocycles. The van der Waals surface area contributed by atoms with E-state index in [0.29, 0.717) is 10.8 Å². The molecule has 0 spiro atoms. The van der Waals surface area contributed by atoms with Crippen molar-refractivity contribution in [2.24, 2.45) is 0 Å². The highest BCUT2D eigenvalue weighted by atomic mass is 127. The average molecular weight is 345 g/mol. The summed E-state index contributed by atoms with van der Waals surface area (Å²) in [5.74, 6) is 0.610. The maximum Gasteiger partial charge on any atom is 0.228 e. The van der Waals surface area contributed by atoms with Gasteiger partial charge in [-0.25, -0.2) is 4.98 Å². The van der Waals surface area contributed by atoms with Crippen LogP contribution in [0.5, 0.6) is 5.75 Å². The van der Waals surface area contributed by atoms with Crippen molar-refractivity contribution >= 4 is 39.7 Å². The highest BCUT2D eigenvalue weighted by Gasteiger charge is 2.08. The number of aromatic nitrogens is 1. The molecule has 3 nitrogen and oxygen atoms in total. The largest absolute Gasteiger partial charge is 0.485 e. The molecule has 1 heterocycles. The van der Waals surface area contributed by atoms with Crippen molar-refractivity contribution in [3.63, 3.8) is 0 Å². The maximum atomic E-state index is 11.6. The van der Waals surface area contributed by atoms with Gasteiger partial charge in [0.15, 0.2) is 11.6 Å². The lowest BCUT2D eigenvalue weighted by Crippen LogP contribution is -2.11. The van der Waals surface area contributed by atoms with Gasteiger partial charge in [0.1, 0.15) is 5.75 Å². The quantitative estimate of drug-likeness (QED) is 0.632. The van der Waals surface area contributed by atoms with Gasteiger partial charge in [-0.15, -0.1) is 11.3 Å². The van der Waals surface area contributed by atoms with Crippen molar-refractivity contribution in [1.29, 1.82) is 0 Å². The van der Waals surface area contributed by atoms with E-state index in [1.807, 2.05) is 24.3 Å². The summed E-state index contributed by atoms with van der Waals surface area (Å²) in [5, 5.41) is 2.27. The Morgan fingerprint density at radius 1 is 1.38 bits per heavy atom. The molecule has 1 aromatic carbocycles. The van der Waals surface area contributed by atoms with E-state index in [-0.39, 0.29) is 12.4 Å². The molecule has 0 bridgehead atoms. The molecule has 0 aliphatic heterocycles. The Balaban J connectivity index is 1.93. The lowest BCUT2D eigenvalue weighted by atomic mass is 10.3. The van der Waals surface area contributed by atoms with E-state index in [4.69, 9.17) is 4.74 Å². The Kier molecular flexibility index (Phi) is 3.89. The number of Topliss-reactive ketones (excluding diaryl/α,β-unsaturated/α-hetero) is 1. The summed E-state index contributed by atoms with van der Waals surface area (Å²) in [6.07, 6.45) is 1.61. The molecule has 0 aliphatic carbocycles. The van der Waals surface area contributed by atoms with E-state index in [9.17, 15) is 4.79 Å². The third kappa shape index (κ3) is 3.02. The number of ether oxygens (including phenoxy) is 1. The van der Waals surface area contributed by atoms with E-state index >= 15 is 0 Å². The Morgan fingerprint density at radius 2 is 2.12 bits per heavy atom. The molecule has 16 heavy (non-hydrogen) atoms. The van der Waals surface area contributed by atoms with Gasteiger partial charge in [-0.3, -0.25) is 4.79 Å². The third-order valence-corrected chi connectivity index (χ3v) is 3.39. The normalized spacial score (nSPS) is 10.1. The first-order chi connectivity index (χ1) is 7.75. The summed E-state index contributed by atoms with van der Waals surface area (Å²) < 4.78 is 6.50. The predicted octanol–water partition coefficient (Wildman–Crippen LogP) is 3.01. The molecular weight excluding hydrogens is 337 g/mol. The number of halogens is 1. The average Bonchev–Trinajstić information content (AvgIpc) is 2.81. The monoisotopic (exact) mass is 345 g/mol. The zero-order valence-electron chi connectivity index (χ0n) is 8.22. The first-order valence-electron chi connectivity index (χ1n) is 4.57. The molecule has 0 saturated carbocycles. The second-order valence-corrected chi connectivity index (χ2v) is 5.14. The van der Waals surface area contributed by atoms with Crippen molar-refractivity contribution < 1.29 is 9.53 Å². The van der Waals surface area contributed by atoms with Gasteiger partial charge in [0, 0.05) is 15.1 Å². The first kappa shape index (κ1) is 11.5. The minimum atomic E-state index is -0.0893. The minimum absolute atomic E-state index is 0.0358. The Hall–Kier alpha value is -0.950. The van der Waals surface area contributed by atoms with Gasteiger partial charge in [0.2, 0.25) is 5.78 Å². The molecule has 5 heteroatoms. The van der Waals surface area contributed by atoms with Crippen LogP contribution in [0.1, 0.15) is 9.80 Å². The van der Waals surface area contributed by atoms with Gasteiger partial charge in [-0.1, -0.05) is 0 Å². The number of nitrogens with zero attached hydrogens (tertiary/aromatic N) is 1. The number of carbonyl (C=O) groups excluding carboxylic acids is 1. The SMILES string of the molecule is O=C(COc1ccc(I)cc1)c1nccs1. The molecule has 82 valence electrons. The number of ketones is 1. The summed E-state index contributed by atoms with van der Waals surface area (Å²) in [7, 11) is 0. The van der Waals surface area contributed by atoms with Crippen LogP contribution in [0.3, 0.4) is 0 Å². The fourth-order valence-corrected chi connectivity index (χ4v) is 2.02. The van der Waals surface area contributed by atoms with Crippen molar-refractivity contribution in [2.75, 3.05) is 6.61 Å². The van der Waals surface area contributed by atoms with Crippen molar-refractivity contribution in [3.05, 3.63) is 44.4 Å². The highest BCUT2D eigenvalue weighted by molar-refractivity contribution is 14.1. The summed E-state index contributed by atoms with van der Waals surface area (Å²) >= 11 is 3.54. The van der Waals surface area contributed by atoms with E-state index in [1.54, 1.807) is 11.6 Å². The van der Waals surface area contributed by atoms with E-state index in [1.165, 1.54) is 11.3 Å². The van der Waals surface area contributed by atoms with Crippen LogP contribution in [0, 0.1) is 3.57 Å². The number of hydrogen-bond donors (Lipinski definition) is 0. The third-order valence-electron chi connectivity index (χ3n) is 1.85. The Bertz CT molecular complexity index is 467. The second-order valence-electron chi connectivity index (χ2n) is 3.00. The van der Waals surface area contributed by atoms with E-state index < -0.39 is 0 Å². The predicted molar refractivity (Wildman–Crippen MR) is 71.1 cm³/mol. The second kappa shape index (κ2) is 5.40. The molecular formula is C11H8INO2S. The summed E-state index contributed by atoms with van der Waals surface area (Å²) in [4.78, 5) is 15.5. The van der Waals surface area contributed by atoms with Crippen LogP contribution in [0.2, 0.25) is 0 Å². The molecule has 0 atom stereocenters. The number of carbonyl (C=O) groups is 1. The molecule has 0 amide bonds. The zero-order chi connectivity index (χ0) is 11.4. The molecule has 0 saturated heterocycles. The van der Waals surface area contributed by atoms with Crippen molar-refractivity contribution in [3.8, 4) is 5.75 Å². The van der Waals surface area contributed by atoms with Crippen molar-refractivity contribution in [2.45, 2.75) is 0 Å². The van der Waals surface area contributed by atoms with E-state index in [2.05, 4.69) is 27.6 Å². The molecule has 0 N–H and O–H groups in total. The highest BCUT2D eigenvalue weighted by Crippen LogP contribution is 2.14. The molecule has 2 rings (SSSR count). The van der Waals surface area contributed by atoms with Crippen LogP contribution >= 0.6 is 33.9 Å². The van der Waals surface area contributed by atoms with Gasteiger partial charge < -0.3 is 4.74 Å². The van der Waals surface area contributed by atoms with Crippen molar-refractivity contribution in [1.82, 2.24) is 4.98 Å². The smallest absolute Gasteiger partial charge is 0.228 e. The van der Waals surface area contributed by atoms with Gasteiger partial charge in [0.05, 0.1) is 0 Å². The molecule has 0 radical (unpaired) electrons. The molecule has 0 unspecified atom stereocenters. The van der Waals surface area contributed by atoms with Gasteiger partial charge in [-0.2, -0.15) is 0 Å². The molecule has 0 aliphatic rings. The maximum absolute atomic E-state index is 11.6. The number of thiazole rings is 1. The topological polar surface area (TPSA) is 39.2 Å².